The number of carbonyl (C=O) groups excluding carboxylic acids is 2. The molecule has 0 unspecified atom stereocenters. The van der Waals surface area contributed by atoms with Gasteiger partial charge in [-0.25, -0.2) is 9.78 Å². The van der Waals surface area contributed by atoms with Crippen LogP contribution in [-0.2, 0) is 16.1 Å². The van der Waals surface area contributed by atoms with E-state index in [9.17, 15) is 14.4 Å². The molecule has 0 aliphatic heterocycles. The molecule has 0 saturated carbocycles. The second-order valence-electron chi connectivity index (χ2n) is 5.76. The molecule has 0 aliphatic rings. The molecule has 7 heteroatoms. The number of nitrogens with zero attached hydrogens (tertiary/aromatic N) is 2. The van der Waals surface area contributed by atoms with Crippen LogP contribution in [0.3, 0.4) is 0 Å². The van der Waals surface area contributed by atoms with Gasteiger partial charge in [-0.2, -0.15) is 0 Å². The first kappa shape index (κ1) is 17.3. The Labute approximate surface area is 138 Å². The molecule has 2 aromatic rings. The lowest BCUT2D eigenvalue weighted by Crippen LogP contribution is -2.24. The lowest BCUT2D eigenvalue weighted by atomic mass is 10.2. The SMILES string of the molecule is CC(=O)CCn1c(C)nc2sc(C(=O)OC(C)C)c(C)c2c1=O. The van der Waals surface area contributed by atoms with Gasteiger partial charge in [0.2, 0.25) is 0 Å². The first-order valence-electron chi connectivity index (χ1n) is 7.43. The quantitative estimate of drug-likeness (QED) is 0.784. The standard InChI is InChI=1S/C16H20N2O4S/c1-8(2)22-16(21)13-10(4)12-14(23-13)17-11(5)18(15(12)20)7-6-9(3)19/h8H,6-7H2,1-5H3. The van der Waals surface area contributed by atoms with Crippen molar-refractivity contribution >= 4 is 33.3 Å². The molecule has 0 aromatic carbocycles. The minimum Gasteiger partial charge on any atom is -0.459 e. The number of ether oxygens (including phenoxy) is 1. The van der Waals surface area contributed by atoms with Crippen molar-refractivity contribution in [3.63, 3.8) is 0 Å². The van der Waals surface area contributed by atoms with Crippen molar-refractivity contribution in [3.05, 3.63) is 26.6 Å². The molecule has 2 heterocycles. The van der Waals surface area contributed by atoms with Crippen LogP contribution in [0.2, 0.25) is 0 Å². The van der Waals surface area contributed by atoms with E-state index in [0.717, 1.165) is 0 Å². The van der Waals surface area contributed by atoms with Gasteiger partial charge in [0.1, 0.15) is 21.3 Å². The average Bonchev–Trinajstić information content (AvgIpc) is 2.74. The van der Waals surface area contributed by atoms with Crippen LogP contribution in [0.25, 0.3) is 10.2 Å². The zero-order valence-corrected chi connectivity index (χ0v) is 14.7. The molecule has 0 radical (unpaired) electrons. The Kier molecular flexibility index (Phi) is 4.99. The summed E-state index contributed by atoms with van der Waals surface area (Å²) in [6.07, 6.45) is 0.0494. The molecule has 0 bridgehead atoms. The number of aryl methyl sites for hydroxylation is 2. The fourth-order valence-electron chi connectivity index (χ4n) is 2.31. The van der Waals surface area contributed by atoms with Gasteiger partial charge >= 0.3 is 5.97 Å². The highest BCUT2D eigenvalue weighted by Gasteiger charge is 2.22. The van der Waals surface area contributed by atoms with E-state index < -0.39 is 5.97 Å². The largest absolute Gasteiger partial charge is 0.459 e. The highest BCUT2D eigenvalue weighted by atomic mass is 32.1. The van der Waals surface area contributed by atoms with E-state index in [0.29, 0.717) is 33.0 Å². The van der Waals surface area contributed by atoms with Crippen molar-refractivity contribution in [3.8, 4) is 0 Å². The van der Waals surface area contributed by atoms with Gasteiger partial charge in [0.15, 0.2) is 0 Å². The Hall–Kier alpha value is -2.02. The van der Waals surface area contributed by atoms with Crippen LogP contribution < -0.4 is 5.56 Å². The maximum Gasteiger partial charge on any atom is 0.348 e. The maximum atomic E-state index is 12.7. The number of Topliss-reactive ketones (excluding diaryl/α,β-unsaturated/α-hetero) is 1. The number of aromatic nitrogens is 2. The van der Waals surface area contributed by atoms with Crippen LogP contribution in [0, 0.1) is 13.8 Å². The monoisotopic (exact) mass is 336 g/mol. The molecular formula is C16H20N2O4S. The van der Waals surface area contributed by atoms with Crippen molar-refractivity contribution in [2.75, 3.05) is 0 Å². The normalized spacial score (nSPS) is 11.2. The number of hydrogen-bond donors (Lipinski definition) is 0. The maximum absolute atomic E-state index is 12.7. The van der Waals surface area contributed by atoms with E-state index in [2.05, 4.69) is 4.98 Å². The minimum atomic E-state index is -0.437. The van der Waals surface area contributed by atoms with Crippen LogP contribution in [0.4, 0.5) is 0 Å². The molecule has 0 fully saturated rings. The molecule has 0 atom stereocenters. The average molecular weight is 336 g/mol. The number of rotatable bonds is 5. The first-order valence-corrected chi connectivity index (χ1v) is 8.25. The van der Waals surface area contributed by atoms with E-state index in [1.807, 2.05) is 0 Å². The van der Waals surface area contributed by atoms with Gasteiger partial charge in [-0.15, -0.1) is 11.3 Å². The molecule has 0 spiro atoms. The van der Waals surface area contributed by atoms with Crippen molar-refractivity contribution < 1.29 is 14.3 Å². The summed E-state index contributed by atoms with van der Waals surface area (Å²) >= 11 is 1.17. The van der Waals surface area contributed by atoms with Crippen LogP contribution >= 0.6 is 11.3 Å². The summed E-state index contributed by atoms with van der Waals surface area (Å²) in [7, 11) is 0. The number of carbonyl (C=O) groups is 2. The number of ketones is 1. The Morgan fingerprint density at radius 3 is 2.52 bits per heavy atom. The molecule has 23 heavy (non-hydrogen) atoms. The van der Waals surface area contributed by atoms with E-state index >= 15 is 0 Å². The Bertz CT molecular complexity index is 833. The van der Waals surface area contributed by atoms with Crippen molar-refractivity contribution in [1.29, 1.82) is 0 Å². The van der Waals surface area contributed by atoms with Gasteiger partial charge in [0, 0.05) is 13.0 Å². The van der Waals surface area contributed by atoms with Gasteiger partial charge < -0.3 is 4.74 Å². The molecule has 2 rings (SSSR count). The van der Waals surface area contributed by atoms with Crippen LogP contribution in [0.15, 0.2) is 4.79 Å². The number of hydrogen-bond acceptors (Lipinski definition) is 6. The topological polar surface area (TPSA) is 78.3 Å². The van der Waals surface area contributed by atoms with E-state index in [-0.39, 0.29) is 23.9 Å². The predicted octanol–water partition coefficient (Wildman–Crippen LogP) is 2.62. The second kappa shape index (κ2) is 6.62. The Morgan fingerprint density at radius 1 is 1.30 bits per heavy atom. The fraction of sp³-hybridized carbons (Fsp3) is 0.500. The van der Waals surface area contributed by atoms with Gasteiger partial charge in [0.25, 0.3) is 5.56 Å². The second-order valence-corrected chi connectivity index (χ2v) is 6.76. The summed E-state index contributed by atoms with van der Waals surface area (Å²) in [5, 5.41) is 0.430. The highest BCUT2D eigenvalue weighted by molar-refractivity contribution is 7.20. The molecular weight excluding hydrogens is 316 g/mol. The third-order valence-corrected chi connectivity index (χ3v) is 4.62. The zero-order valence-electron chi connectivity index (χ0n) is 13.9. The van der Waals surface area contributed by atoms with Gasteiger partial charge in [0.05, 0.1) is 11.5 Å². The Morgan fingerprint density at radius 2 is 1.96 bits per heavy atom. The van der Waals surface area contributed by atoms with E-state index in [1.165, 1.54) is 22.8 Å². The third kappa shape index (κ3) is 3.50. The molecule has 2 aromatic heterocycles. The lowest BCUT2D eigenvalue weighted by Gasteiger charge is -2.08. The summed E-state index contributed by atoms with van der Waals surface area (Å²) < 4.78 is 6.70. The summed E-state index contributed by atoms with van der Waals surface area (Å²) in [6.45, 7) is 8.78. The molecule has 6 nitrogen and oxygen atoms in total. The smallest absolute Gasteiger partial charge is 0.348 e. The van der Waals surface area contributed by atoms with Gasteiger partial charge in [-0.1, -0.05) is 0 Å². The zero-order chi connectivity index (χ0) is 17.3. The number of fused-ring (bicyclic) bond motifs is 1. The molecule has 0 amide bonds. The summed E-state index contributed by atoms with van der Waals surface area (Å²) in [4.78, 5) is 41.4. The third-order valence-electron chi connectivity index (χ3n) is 3.46. The first-order chi connectivity index (χ1) is 10.7. The van der Waals surface area contributed by atoms with E-state index in [1.54, 1.807) is 27.7 Å². The van der Waals surface area contributed by atoms with Crippen LogP contribution in [0.5, 0.6) is 0 Å². The van der Waals surface area contributed by atoms with Gasteiger partial charge in [-0.3, -0.25) is 14.2 Å². The molecule has 0 saturated heterocycles. The predicted molar refractivity (Wildman–Crippen MR) is 89.2 cm³/mol. The van der Waals surface area contributed by atoms with Gasteiger partial charge in [-0.05, 0) is 40.2 Å². The summed E-state index contributed by atoms with van der Waals surface area (Å²) in [5.74, 6) is 0.112. The molecule has 0 aliphatic carbocycles. The van der Waals surface area contributed by atoms with Crippen LogP contribution in [-0.4, -0.2) is 27.4 Å². The summed E-state index contributed by atoms with van der Waals surface area (Å²) in [5.41, 5.74) is 0.371. The lowest BCUT2D eigenvalue weighted by molar-refractivity contribution is -0.117. The van der Waals surface area contributed by atoms with Crippen molar-refractivity contribution in [2.24, 2.45) is 0 Å². The molecule has 124 valence electrons. The highest BCUT2D eigenvalue weighted by Crippen LogP contribution is 2.28. The fourth-order valence-corrected chi connectivity index (χ4v) is 3.41. The Balaban J connectivity index is 2.56. The molecule has 0 N–H and O–H groups in total. The number of esters is 1. The van der Waals surface area contributed by atoms with E-state index in [4.69, 9.17) is 4.74 Å². The van der Waals surface area contributed by atoms with Crippen molar-refractivity contribution in [2.45, 2.75) is 53.7 Å². The van der Waals surface area contributed by atoms with Crippen molar-refractivity contribution in [1.82, 2.24) is 9.55 Å². The minimum absolute atomic E-state index is 0.0136. The summed E-state index contributed by atoms with van der Waals surface area (Å²) in [6, 6.07) is 0. The number of thiophene rings is 1. The van der Waals surface area contributed by atoms with Crippen LogP contribution in [0.1, 0.15) is 48.3 Å².